The van der Waals surface area contributed by atoms with Crippen molar-refractivity contribution in [3.05, 3.63) is 57.6 Å². The molecule has 0 spiro atoms. The van der Waals surface area contributed by atoms with Crippen LogP contribution in [0.1, 0.15) is 101 Å². The Morgan fingerprint density at radius 2 is 0.950 bits per heavy atom. The molecular formula is C30H36F6N2O2. The van der Waals surface area contributed by atoms with Crippen molar-refractivity contribution in [1.82, 2.24) is 0 Å². The molecule has 0 heterocycles. The number of hydrogen-bond donors (Lipinski definition) is 2. The fraction of sp³-hybridized carbons (Fsp3) is 0.533. The number of aromatic hydroxyl groups is 2. The first kappa shape index (κ1) is 31.5. The summed E-state index contributed by atoms with van der Waals surface area (Å²) in [6.07, 6.45) is -4.09. The number of hydrogen-bond acceptors (Lipinski definition) is 4. The van der Waals surface area contributed by atoms with Crippen LogP contribution < -0.4 is 0 Å². The van der Waals surface area contributed by atoms with Crippen molar-refractivity contribution in [2.45, 2.75) is 102 Å². The minimum Gasteiger partial charge on any atom is -0.507 e. The molecule has 0 amide bonds. The van der Waals surface area contributed by atoms with E-state index in [1.165, 1.54) is 12.4 Å². The summed E-state index contributed by atoms with van der Waals surface area (Å²) in [6, 6.07) is 2.65. The van der Waals surface area contributed by atoms with Gasteiger partial charge in [0, 0.05) is 34.7 Å². The number of nitrogens with zero attached hydrogens (tertiary/aromatic N) is 2. The van der Waals surface area contributed by atoms with Crippen LogP contribution in [0.4, 0.5) is 26.3 Å². The maximum absolute atomic E-state index is 13.6. The molecular weight excluding hydrogens is 534 g/mol. The lowest BCUT2D eigenvalue weighted by Crippen LogP contribution is -2.27. The number of phenolic OH excluding ortho intramolecular Hbond substituents is 2. The second kappa shape index (κ2) is 11.1. The summed E-state index contributed by atoms with van der Waals surface area (Å²) in [5.41, 5.74) is -3.19. The molecule has 1 fully saturated rings. The van der Waals surface area contributed by atoms with Gasteiger partial charge in [-0.1, -0.05) is 54.4 Å². The van der Waals surface area contributed by atoms with Gasteiger partial charge in [-0.2, -0.15) is 26.3 Å². The van der Waals surface area contributed by atoms with Gasteiger partial charge in [0.2, 0.25) is 0 Å². The smallest absolute Gasteiger partial charge is 0.416 e. The SMILES string of the molecule is CC(C)(C)c1cc(C(F)(F)F)cc(C=N[C@@H]2CCCC[C@H]2N=Cc2cc(C(F)(F)F)cc(C(C)(C)C)c2O)c1O. The van der Waals surface area contributed by atoms with Crippen LogP contribution in [0.15, 0.2) is 34.3 Å². The molecule has 0 radical (unpaired) electrons. The molecule has 1 aliphatic carbocycles. The van der Waals surface area contributed by atoms with Gasteiger partial charge in [-0.25, -0.2) is 0 Å². The van der Waals surface area contributed by atoms with Gasteiger partial charge < -0.3 is 10.2 Å². The van der Waals surface area contributed by atoms with E-state index in [2.05, 4.69) is 9.98 Å². The van der Waals surface area contributed by atoms with Gasteiger partial charge in [-0.3, -0.25) is 9.98 Å². The van der Waals surface area contributed by atoms with Gasteiger partial charge in [-0.05, 0) is 47.9 Å². The van der Waals surface area contributed by atoms with Gasteiger partial charge in [0.05, 0.1) is 23.2 Å². The molecule has 2 aromatic carbocycles. The monoisotopic (exact) mass is 570 g/mol. The Bertz CT molecular complexity index is 1180. The summed E-state index contributed by atoms with van der Waals surface area (Å²) < 4.78 is 81.5. The number of aliphatic imine (C=N–C) groups is 2. The van der Waals surface area contributed by atoms with E-state index in [0.717, 1.165) is 37.1 Å². The molecule has 1 aliphatic rings. The van der Waals surface area contributed by atoms with Gasteiger partial charge >= 0.3 is 12.4 Å². The largest absolute Gasteiger partial charge is 0.507 e. The van der Waals surface area contributed by atoms with Gasteiger partial charge in [-0.15, -0.1) is 0 Å². The lowest BCUT2D eigenvalue weighted by Gasteiger charge is -2.26. The zero-order valence-electron chi connectivity index (χ0n) is 23.5. The van der Waals surface area contributed by atoms with Crippen molar-refractivity contribution in [2.75, 3.05) is 0 Å². The zero-order valence-corrected chi connectivity index (χ0v) is 23.5. The molecule has 2 N–H and O–H groups in total. The van der Waals surface area contributed by atoms with E-state index in [9.17, 15) is 36.6 Å². The maximum Gasteiger partial charge on any atom is 0.416 e. The Morgan fingerprint density at radius 3 is 1.23 bits per heavy atom. The van der Waals surface area contributed by atoms with Crippen LogP contribution in [0, 0.1) is 0 Å². The molecule has 4 nitrogen and oxygen atoms in total. The highest BCUT2D eigenvalue weighted by Gasteiger charge is 2.35. The third kappa shape index (κ3) is 7.37. The number of phenols is 2. The minimum atomic E-state index is -4.62. The Kier molecular flexibility index (Phi) is 8.73. The molecule has 2 atom stereocenters. The normalized spacial score (nSPS) is 19.6. The van der Waals surface area contributed by atoms with E-state index in [1.807, 2.05) is 0 Å². The van der Waals surface area contributed by atoms with Crippen molar-refractivity contribution in [3.63, 3.8) is 0 Å². The van der Waals surface area contributed by atoms with Crippen LogP contribution in [0.2, 0.25) is 0 Å². The van der Waals surface area contributed by atoms with E-state index in [0.29, 0.717) is 12.8 Å². The van der Waals surface area contributed by atoms with E-state index >= 15 is 0 Å². The second-order valence-corrected chi connectivity index (χ2v) is 12.4. The van der Waals surface area contributed by atoms with E-state index in [1.54, 1.807) is 41.5 Å². The van der Waals surface area contributed by atoms with Crippen molar-refractivity contribution in [3.8, 4) is 11.5 Å². The lowest BCUT2D eigenvalue weighted by atomic mass is 9.84. The second-order valence-electron chi connectivity index (χ2n) is 12.4. The van der Waals surface area contributed by atoms with Gasteiger partial charge in [0.25, 0.3) is 0 Å². The van der Waals surface area contributed by atoms with Crippen molar-refractivity contribution < 1.29 is 36.6 Å². The molecule has 2 aromatic rings. The maximum atomic E-state index is 13.6. The van der Waals surface area contributed by atoms with E-state index < -0.39 is 46.4 Å². The molecule has 1 saturated carbocycles. The van der Waals surface area contributed by atoms with Crippen molar-refractivity contribution in [2.24, 2.45) is 9.98 Å². The van der Waals surface area contributed by atoms with E-state index in [4.69, 9.17) is 0 Å². The minimum absolute atomic E-state index is 0.0709. The highest BCUT2D eigenvalue weighted by molar-refractivity contribution is 5.86. The average molecular weight is 571 g/mol. The van der Waals surface area contributed by atoms with Crippen LogP contribution in [0.5, 0.6) is 11.5 Å². The Morgan fingerprint density at radius 1 is 0.625 bits per heavy atom. The molecule has 220 valence electrons. The van der Waals surface area contributed by atoms with Crippen LogP contribution in [-0.4, -0.2) is 34.7 Å². The highest BCUT2D eigenvalue weighted by atomic mass is 19.4. The average Bonchev–Trinajstić information content (AvgIpc) is 2.80. The number of rotatable bonds is 4. The standard InChI is InChI=1S/C30H36F6N2O2/c1-27(2,3)21-13-19(29(31,32)33)11-17(25(21)39)15-37-23-9-7-8-10-24(23)38-16-18-12-20(30(34,35)36)14-22(26(18)40)28(4,5)6/h11-16,23-24,39-40H,7-10H2,1-6H3/t23-,24-/m1/s1. The number of alkyl halides is 6. The summed E-state index contributed by atoms with van der Waals surface area (Å²) in [6.45, 7) is 10.2. The van der Waals surface area contributed by atoms with Crippen molar-refractivity contribution in [1.29, 1.82) is 0 Å². The van der Waals surface area contributed by atoms with E-state index in [-0.39, 0.29) is 33.8 Å². The number of benzene rings is 2. The molecule has 0 saturated heterocycles. The van der Waals surface area contributed by atoms with Crippen LogP contribution >= 0.6 is 0 Å². The van der Waals surface area contributed by atoms with Gasteiger partial charge in [0.1, 0.15) is 11.5 Å². The van der Waals surface area contributed by atoms with Crippen LogP contribution in [-0.2, 0) is 23.2 Å². The summed E-state index contributed by atoms with van der Waals surface area (Å²) in [7, 11) is 0. The Balaban J connectivity index is 2.00. The van der Waals surface area contributed by atoms with Crippen LogP contribution in [0.3, 0.4) is 0 Å². The Hall–Kier alpha value is -3.04. The predicted molar refractivity (Wildman–Crippen MR) is 145 cm³/mol. The third-order valence-corrected chi connectivity index (χ3v) is 7.05. The van der Waals surface area contributed by atoms with Crippen LogP contribution in [0.25, 0.3) is 0 Å². The molecule has 3 rings (SSSR count). The zero-order chi connectivity index (χ0) is 30.3. The first-order valence-electron chi connectivity index (χ1n) is 13.2. The first-order valence-corrected chi connectivity index (χ1v) is 13.2. The molecule has 10 heteroatoms. The third-order valence-electron chi connectivity index (χ3n) is 7.05. The molecule has 0 aromatic heterocycles. The summed E-state index contributed by atoms with van der Waals surface area (Å²) in [4.78, 5) is 8.96. The highest BCUT2D eigenvalue weighted by Crippen LogP contribution is 2.41. The van der Waals surface area contributed by atoms with Crippen molar-refractivity contribution >= 4 is 12.4 Å². The summed E-state index contributed by atoms with van der Waals surface area (Å²) in [5.74, 6) is -0.576. The molecule has 0 bridgehead atoms. The predicted octanol–water partition coefficient (Wildman–Crippen LogP) is 8.58. The quantitative estimate of drug-likeness (QED) is 0.286. The first-order chi connectivity index (χ1) is 18.2. The molecule has 0 aliphatic heterocycles. The number of halogens is 6. The molecule has 40 heavy (non-hydrogen) atoms. The topological polar surface area (TPSA) is 65.2 Å². The lowest BCUT2D eigenvalue weighted by molar-refractivity contribution is -0.138. The summed E-state index contributed by atoms with van der Waals surface area (Å²) >= 11 is 0. The fourth-order valence-corrected chi connectivity index (χ4v) is 4.77. The fourth-order valence-electron chi connectivity index (χ4n) is 4.77. The summed E-state index contributed by atoms with van der Waals surface area (Å²) in [5, 5.41) is 21.5. The Labute approximate surface area is 230 Å². The van der Waals surface area contributed by atoms with Gasteiger partial charge in [0.15, 0.2) is 0 Å². The molecule has 0 unspecified atom stereocenters.